The fraction of sp³-hybridized carbons (Fsp3) is 0.900. The van der Waals surface area contributed by atoms with Gasteiger partial charge in [0.25, 0.3) is 0 Å². The Labute approximate surface area is 85.1 Å². The minimum absolute atomic E-state index is 0.0639. The van der Waals surface area contributed by atoms with Gasteiger partial charge in [0.2, 0.25) is 5.91 Å². The van der Waals surface area contributed by atoms with Crippen molar-refractivity contribution < 1.29 is 9.90 Å². The standard InChI is InChI=1S/C10H20N2O2/c1-3-10(2,7-13)6-12-8-4-9(14)11-5-8/h8,12-13H,3-7H2,1-2H3,(H,11,14). The van der Waals surface area contributed by atoms with E-state index in [9.17, 15) is 9.90 Å². The minimum Gasteiger partial charge on any atom is -0.396 e. The zero-order valence-corrected chi connectivity index (χ0v) is 8.97. The van der Waals surface area contributed by atoms with Crippen LogP contribution < -0.4 is 10.6 Å². The van der Waals surface area contributed by atoms with E-state index >= 15 is 0 Å². The Kier molecular flexibility index (Phi) is 3.89. The summed E-state index contributed by atoms with van der Waals surface area (Å²) in [6.45, 7) is 5.77. The first kappa shape index (κ1) is 11.5. The van der Waals surface area contributed by atoms with E-state index in [1.165, 1.54) is 0 Å². The van der Waals surface area contributed by atoms with E-state index < -0.39 is 0 Å². The van der Waals surface area contributed by atoms with Crippen molar-refractivity contribution in [2.75, 3.05) is 19.7 Å². The van der Waals surface area contributed by atoms with Crippen molar-refractivity contribution in [3.8, 4) is 0 Å². The molecule has 0 spiro atoms. The van der Waals surface area contributed by atoms with Crippen molar-refractivity contribution in [2.45, 2.75) is 32.7 Å². The predicted octanol–water partition coefficient (Wildman–Crippen LogP) is -0.127. The van der Waals surface area contributed by atoms with Crippen LogP contribution in [0.5, 0.6) is 0 Å². The van der Waals surface area contributed by atoms with Crippen molar-refractivity contribution in [3.05, 3.63) is 0 Å². The number of nitrogens with one attached hydrogen (secondary N) is 2. The largest absolute Gasteiger partial charge is 0.396 e. The summed E-state index contributed by atoms with van der Waals surface area (Å²) >= 11 is 0. The lowest BCUT2D eigenvalue weighted by Gasteiger charge is -2.27. The molecule has 1 aliphatic rings. The molecule has 1 fully saturated rings. The smallest absolute Gasteiger partial charge is 0.221 e. The first-order valence-corrected chi connectivity index (χ1v) is 5.20. The van der Waals surface area contributed by atoms with Gasteiger partial charge < -0.3 is 15.7 Å². The SMILES string of the molecule is CCC(C)(CO)CNC1CNC(=O)C1. The van der Waals surface area contributed by atoms with Gasteiger partial charge in [0.05, 0.1) is 0 Å². The number of rotatable bonds is 5. The number of hydrogen-bond acceptors (Lipinski definition) is 3. The molecule has 0 aromatic rings. The highest BCUT2D eigenvalue weighted by Gasteiger charge is 2.25. The highest BCUT2D eigenvalue weighted by molar-refractivity contribution is 5.78. The third kappa shape index (κ3) is 2.96. The summed E-state index contributed by atoms with van der Waals surface area (Å²) in [6, 6.07) is 0.236. The van der Waals surface area contributed by atoms with Gasteiger partial charge >= 0.3 is 0 Å². The second-order valence-corrected chi connectivity index (χ2v) is 4.41. The van der Waals surface area contributed by atoms with Gasteiger partial charge in [-0.05, 0) is 6.42 Å². The van der Waals surface area contributed by atoms with Crippen LogP contribution in [0, 0.1) is 5.41 Å². The molecular weight excluding hydrogens is 180 g/mol. The summed E-state index contributed by atoms with van der Waals surface area (Å²) in [5.41, 5.74) is -0.0639. The highest BCUT2D eigenvalue weighted by Crippen LogP contribution is 2.18. The monoisotopic (exact) mass is 200 g/mol. The molecule has 0 aliphatic carbocycles. The molecule has 3 N–H and O–H groups in total. The summed E-state index contributed by atoms with van der Waals surface area (Å²) in [6.07, 6.45) is 1.50. The maximum Gasteiger partial charge on any atom is 0.221 e. The topological polar surface area (TPSA) is 61.4 Å². The third-order valence-corrected chi connectivity index (χ3v) is 3.03. The quantitative estimate of drug-likeness (QED) is 0.579. The van der Waals surface area contributed by atoms with Crippen LogP contribution in [0.15, 0.2) is 0 Å². The van der Waals surface area contributed by atoms with E-state index in [1.807, 2.05) is 6.92 Å². The van der Waals surface area contributed by atoms with E-state index in [0.29, 0.717) is 13.0 Å². The first-order valence-electron chi connectivity index (χ1n) is 5.20. The van der Waals surface area contributed by atoms with Gasteiger partial charge in [-0.25, -0.2) is 0 Å². The second kappa shape index (κ2) is 4.75. The number of aliphatic hydroxyl groups excluding tert-OH is 1. The van der Waals surface area contributed by atoms with Crippen molar-refractivity contribution in [3.63, 3.8) is 0 Å². The molecule has 2 atom stereocenters. The van der Waals surface area contributed by atoms with Crippen molar-refractivity contribution in [2.24, 2.45) is 5.41 Å². The normalized spacial score (nSPS) is 25.9. The van der Waals surface area contributed by atoms with E-state index in [4.69, 9.17) is 0 Å². The molecular formula is C10H20N2O2. The summed E-state index contributed by atoms with van der Waals surface area (Å²) in [4.78, 5) is 10.9. The molecule has 0 radical (unpaired) electrons. The van der Waals surface area contributed by atoms with Crippen LogP contribution in [0.1, 0.15) is 26.7 Å². The van der Waals surface area contributed by atoms with E-state index in [-0.39, 0.29) is 24.0 Å². The van der Waals surface area contributed by atoms with Crippen LogP contribution in [-0.4, -0.2) is 36.8 Å². The Hall–Kier alpha value is -0.610. The number of aliphatic hydroxyl groups is 1. The second-order valence-electron chi connectivity index (χ2n) is 4.41. The Bertz CT molecular complexity index is 202. The van der Waals surface area contributed by atoms with Crippen LogP contribution >= 0.6 is 0 Å². The molecule has 0 bridgehead atoms. The molecule has 4 heteroatoms. The van der Waals surface area contributed by atoms with Crippen LogP contribution in [0.4, 0.5) is 0 Å². The number of carbonyl (C=O) groups excluding carboxylic acids is 1. The molecule has 1 heterocycles. The van der Waals surface area contributed by atoms with Gasteiger partial charge in [0.15, 0.2) is 0 Å². The van der Waals surface area contributed by atoms with Crippen LogP contribution in [0.25, 0.3) is 0 Å². The molecule has 14 heavy (non-hydrogen) atoms. The third-order valence-electron chi connectivity index (χ3n) is 3.03. The van der Waals surface area contributed by atoms with Crippen LogP contribution in [0.3, 0.4) is 0 Å². The Morgan fingerprint density at radius 2 is 2.43 bits per heavy atom. The van der Waals surface area contributed by atoms with Crippen molar-refractivity contribution in [1.82, 2.24) is 10.6 Å². The molecule has 0 saturated carbocycles. The Morgan fingerprint density at radius 3 is 2.86 bits per heavy atom. The van der Waals surface area contributed by atoms with Crippen molar-refractivity contribution >= 4 is 5.91 Å². The fourth-order valence-electron chi connectivity index (χ4n) is 1.43. The average molecular weight is 200 g/mol. The van der Waals surface area contributed by atoms with Gasteiger partial charge in [-0.3, -0.25) is 4.79 Å². The fourth-order valence-corrected chi connectivity index (χ4v) is 1.43. The molecule has 82 valence electrons. The van der Waals surface area contributed by atoms with E-state index in [0.717, 1.165) is 13.0 Å². The summed E-state index contributed by atoms with van der Waals surface area (Å²) in [7, 11) is 0. The average Bonchev–Trinajstić information content (AvgIpc) is 2.61. The lowest BCUT2D eigenvalue weighted by Crippen LogP contribution is -2.40. The number of carbonyl (C=O) groups is 1. The number of hydrogen-bond donors (Lipinski definition) is 3. The zero-order valence-electron chi connectivity index (χ0n) is 8.97. The minimum atomic E-state index is -0.0639. The number of amides is 1. The first-order chi connectivity index (χ1) is 6.59. The Morgan fingerprint density at radius 1 is 1.71 bits per heavy atom. The van der Waals surface area contributed by atoms with Gasteiger partial charge in [-0.2, -0.15) is 0 Å². The molecule has 0 aromatic carbocycles. The van der Waals surface area contributed by atoms with Gasteiger partial charge in [-0.15, -0.1) is 0 Å². The molecule has 1 rings (SSSR count). The zero-order chi connectivity index (χ0) is 10.6. The van der Waals surface area contributed by atoms with E-state index in [2.05, 4.69) is 17.6 Å². The Balaban J connectivity index is 2.29. The van der Waals surface area contributed by atoms with Crippen molar-refractivity contribution in [1.29, 1.82) is 0 Å². The van der Waals surface area contributed by atoms with Crippen LogP contribution in [-0.2, 0) is 4.79 Å². The predicted molar refractivity (Wildman–Crippen MR) is 54.9 cm³/mol. The lowest BCUT2D eigenvalue weighted by molar-refractivity contribution is -0.119. The van der Waals surface area contributed by atoms with Gasteiger partial charge in [-0.1, -0.05) is 13.8 Å². The molecule has 1 saturated heterocycles. The highest BCUT2D eigenvalue weighted by atomic mass is 16.3. The van der Waals surface area contributed by atoms with E-state index in [1.54, 1.807) is 0 Å². The molecule has 1 aliphatic heterocycles. The lowest BCUT2D eigenvalue weighted by atomic mass is 9.88. The van der Waals surface area contributed by atoms with Gasteiger partial charge in [0.1, 0.15) is 0 Å². The maximum absolute atomic E-state index is 10.9. The molecule has 4 nitrogen and oxygen atoms in total. The summed E-state index contributed by atoms with van der Waals surface area (Å²) < 4.78 is 0. The molecule has 2 unspecified atom stereocenters. The molecule has 0 aromatic heterocycles. The summed E-state index contributed by atoms with van der Waals surface area (Å²) in [5, 5.41) is 15.3. The van der Waals surface area contributed by atoms with Gasteiger partial charge in [0, 0.05) is 37.6 Å². The molecule has 1 amide bonds. The maximum atomic E-state index is 10.9. The summed E-state index contributed by atoms with van der Waals surface area (Å²) in [5.74, 6) is 0.115. The van der Waals surface area contributed by atoms with Crippen LogP contribution in [0.2, 0.25) is 0 Å².